The van der Waals surface area contributed by atoms with Crippen molar-refractivity contribution in [3.05, 3.63) is 26.9 Å². The van der Waals surface area contributed by atoms with Crippen molar-refractivity contribution in [2.24, 2.45) is 0 Å². The van der Waals surface area contributed by atoms with Gasteiger partial charge >= 0.3 is 5.97 Å². The molecule has 0 atom stereocenters. The van der Waals surface area contributed by atoms with Gasteiger partial charge < -0.3 is 4.74 Å². The van der Waals surface area contributed by atoms with Crippen LogP contribution in [0.4, 0.5) is 0 Å². The van der Waals surface area contributed by atoms with Crippen molar-refractivity contribution < 1.29 is 9.53 Å². The fourth-order valence-corrected chi connectivity index (χ4v) is 2.19. The molecule has 1 aromatic heterocycles. The number of ether oxygens (including phenoxy) is 1. The molecular weight excluding hydrogens is 252 g/mol. The van der Waals surface area contributed by atoms with Gasteiger partial charge in [0.25, 0.3) is 0 Å². The van der Waals surface area contributed by atoms with Crippen molar-refractivity contribution in [1.82, 2.24) is 0 Å². The predicted molar refractivity (Wildman–Crippen MR) is 57.7 cm³/mol. The van der Waals surface area contributed by atoms with E-state index in [1.54, 1.807) is 11.3 Å². The smallest absolute Gasteiger partial charge is 0.330 e. The predicted octanol–water partition coefficient (Wildman–Crippen LogP) is 3.09. The van der Waals surface area contributed by atoms with Gasteiger partial charge in [0.1, 0.15) is 0 Å². The summed E-state index contributed by atoms with van der Waals surface area (Å²) in [5, 5.41) is 0. The number of halogens is 1. The first-order valence-electron chi connectivity index (χ1n) is 3.65. The van der Waals surface area contributed by atoms with Crippen LogP contribution in [-0.2, 0) is 9.53 Å². The summed E-state index contributed by atoms with van der Waals surface area (Å²) in [6, 6.07) is 3.91. The minimum Gasteiger partial charge on any atom is -0.466 e. The Bertz CT molecular complexity index is 341. The zero-order valence-corrected chi connectivity index (χ0v) is 9.74. The Balaban J connectivity index is 2.84. The van der Waals surface area contributed by atoms with Crippen LogP contribution >= 0.6 is 27.3 Å². The number of hydrogen-bond acceptors (Lipinski definition) is 3. The zero-order valence-electron chi connectivity index (χ0n) is 7.33. The number of hydrogen-bond donors (Lipinski definition) is 0. The van der Waals surface area contributed by atoms with Gasteiger partial charge in [0.2, 0.25) is 0 Å². The lowest BCUT2D eigenvalue weighted by atomic mass is 10.2. The fraction of sp³-hybridized carbons (Fsp3) is 0.222. The second kappa shape index (κ2) is 4.58. The molecule has 0 saturated carbocycles. The van der Waals surface area contributed by atoms with Gasteiger partial charge in [0.05, 0.1) is 10.9 Å². The quantitative estimate of drug-likeness (QED) is 0.604. The number of thiophene rings is 1. The van der Waals surface area contributed by atoms with Crippen LogP contribution in [0.2, 0.25) is 0 Å². The van der Waals surface area contributed by atoms with Gasteiger partial charge in [-0.1, -0.05) is 0 Å². The molecule has 0 radical (unpaired) electrons. The van der Waals surface area contributed by atoms with E-state index in [0.717, 1.165) is 14.2 Å². The van der Waals surface area contributed by atoms with Crippen molar-refractivity contribution in [3.63, 3.8) is 0 Å². The van der Waals surface area contributed by atoms with Gasteiger partial charge in [-0.25, -0.2) is 4.79 Å². The molecule has 0 bridgehead atoms. The lowest BCUT2D eigenvalue weighted by Crippen LogP contribution is -1.94. The highest BCUT2D eigenvalue weighted by Crippen LogP contribution is 2.27. The molecule has 0 aromatic carbocycles. The van der Waals surface area contributed by atoms with Crippen LogP contribution in [0, 0.1) is 0 Å². The SMILES string of the molecule is COC(=O)C=C(C)c1ccc(Br)s1. The van der Waals surface area contributed by atoms with Crippen molar-refractivity contribution in [2.45, 2.75) is 6.92 Å². The summed E-state index contributed by atoms with van der Waals surface area (Å²) in [5.74, 6) is -0.318. The Morgan fingerprint density at radius 3 is 2.77 bits per heavy atom. The molecule has 0 N–H and O–H groups in total. The standard InChI is InChI=1S/C9H9BrO2S/c1-6(5-9(11)12-2)7-3-4-8(10)13-7/h3-5H,1-2H3. The molecule has 0 aliphatic heterocycles. The molecule has 1 heterocycles. The molecule has 0 saturated heterocycles. The Morgan fingerprint density at radius 2 is 2.31 bits per heavy atom. The molecule has 0 aliphatic carbocycles. The monoisotopic (exact) mass is 260 g/mol. The molecule has 0 amide bonds. The summed E-state index contributed by atoms with van der Waals surface area (Å²) in [7, 11) is 1.37. The Kier molecular flexibility index (Phi) is 3.69. The molecule has 0 fully saturated rings. The number of allylic oxidation sites excluding steroid dienone is 1. The molecule has 0 unspecified atom stereocenters. The number of carbonyl (C=O) groups is 1. The fourth-order valence-electron chi connectivity index (χ4n) is 0.833. The average Bonchev–Trinajstić information content (AvgIpc) is 2.51. The molecule has 0 aliphatic rings. The van der Waals surface area contributed by atoms with Crippen molar-refractivity contribution in [2.75, 3.05) is 7.11 Å². The maximum atomic E-state index is 10.9. The third kappa shape index (κ3) is 2.97. The van der Waals surface area contributed by atoms with Gasteiger partial charge in [-0.3, -0.25) is 0 Å². The molecule has 1 rings (SSSR count). The van der Waals surface area contributed by atoms with E-state index in [1.165, 1.54) is 13.2 Å². The lowest BCUT2D eigenvalue weighted by Gasteiger charge is -1.95. The summed E-state index contributed by atoms with van der Waals surface area (Å²) in [4.78, 5) is 12.0. The van der Waals surface area contributed by atoms with E-state index in [4.69, 9.17) is 0 Å². The summed E-state index contributed by atoms with van der Waals surface area (Å²) in [5.41, 5.74) is 0.919. The van der Waals surface area contributed by atoms with Crippen LogP contribution in [-0.4, -0.2) is 13.1 Å². The number of methoxy groups -OCH3 is 1. The van der Waals surface area contributed by atoms with Gasteiger partial charge in [-0.15, -0.1) is 11.3 Å². The van der Waals surface area contributed by atoms with Crippen LogP contribution in [0.1, 0.15) is 11.8 Å². The number of esters is 1. The van der Waals surface area contributed by atoms with Crippen molar-refractivity contribution in [3.8, 4) is 0 Å². The van der Waals surface area contributed by atoms with Crippen molar-refractivity contribution in [1.29, 1.82) is 0 Å². The first-order chi connectivity index (χ1) is 6.13. The maximum absolute atomic E-state index is 10.9. The zero-order chi connectivity index (χ0) is 9.84. The lowest BCUT2D eigenvalue weighted by molar-refractivity contribution is -0.134. The molecule has 1 aromatic rings. The molecule has 13 heavy (non-hydrogen) atoms. The third-order valence-corrected chi connectivity index (χ3v) is 3.26. The number of rotatable bonds is 2. The highest BCUT2D eigenvalue weighted by molar-refractivity contribution is 9.11. The molecule has 0 spiro atoms. The Labute approximate surface area is 89.3 Å². The minimum absolute atomic E-state index is 0.318. The van der Waals surface area contributed by atoms with E-state index in [9.17, 15) is 4.79 Å². The summed E-state index contributed by atoms with van der Waals surface area (Å²) in [6.45, 7) is 1.88. The Hall–Kier alpha value is -0.610. The van der Waals surface area contributed by atoms with E-state index in [-0.39, 0.29) is 5.97 Å². The molecule has 70 valence electrons. The van der Waals surface area contributed by atoms with Crippen LogP contribution < -0.4 is 0 Å². The number of carbonyl (C=O) groups excluding carboxylic acids is 1. The van der Waals surface area contributed by atoms with Crippen LogP contribution in [0.15, 0.2) is 22.0 Å². The minimum atomic E-state index is -0.318. The summed E-state index contributed by atoms with van der Waals surface area (Å²) in [6.07, 6.45) is 1.48. The van der Waals surface area contributed by atoms with Gasteiger partial charge in [0.15, 0.2) is 0 Å². The summed E-state index contributed by atoms with van der Waals surface area (Å²) < 4.78 is 5.58. The first kappa shape index (κ1) is 10.5. The van der Waals surface area contributed by atoms with Crippen LogP contribution in [0.25, 0.3) is 5.57 Å². The van der Waals surface area contributed by atoms with Crippen LogP contribution in [0.5, 0.6) is 0 Å². The van der Waals surface area contributed by atoms with E-state index < -0.39 is 0 Å². The normalized spacial score (nSPS) is 11.5. The van der Waals surface area contributed by atoms with E-state index in [1.807, 2.05) is 19.1 Å². The van der Waals surface area contributed by atoms with Gasteiger partial charge in [-0.05, 0) is 40.6 Å². The highest BCUT2D eigenvalue weighted by Gasteiger charge is 2.02. The average molecular weight is 261 g/mol. The largest absolute Gasteiger partial charge is 0.466 e. The molecule has 2 nitrogen and oxygen atoms in total. The van der Waals surface area contributed by atoms with Crippen LogP contribution in [0.3, 0.4) is 0 Å². The van der Waals surface area contributed by atoms with Gasteiger partial charge in [0, 0.05) is 11.0 Å². The molecule has 4 heteroatoms. The maximum Gasteiger partial charge on any atom is 0.330 e. The topological polar surface area (TPSA) is 26.3 Å². The Morgan fingerprint density at radius 1 is 1.62 bits per heavy atom. The summed E-state index contributed by atoms with van der Waals surface area (Å²) >= 11 is 4.95. The van der Waals surface area contributed by atoms with E-state index >= 15 is 0 Å². The third-order valence-electron chi connectivity index (χ3n) is 1.50. The highest BCUT2D eigenvalue weighted by atomic mass is 79.9. The van der Waals surface area contributed by atoms with E-state index in [2.05, 4.69) is 20.7 Å². The van der Waals surface area contributed by atoms with Gasteiger partial charge in [-0.2, -0.15) is 0 Å². The second-order valence-corrected chi connectivity index (χ2v) is 4.92. The first-order valence-corrected chi connectivity index (χ1v) is 5.26. The second-order valence-electron chi connectivity index (χ2n) is 2.45. The molecular formula is C9H9BrO2S. The van der Waals surface area contributed by atoms with Crippen molar-refractivity contribution >= 4 is 38.8 Å². The van der Waals surface area contributed by atoms with E-state index in [0.29, 0.717) is 0 Å².